The molecule has 1 aromatic carbocycles. The Hall–Kier alpha value is -0.340. The van der Waals surface area contributed by atoms with Crippen molar-refractivity contribution in [3.8, 4) is 0 Å². The maximum atomic E-state index is 5.43. The summed E-state index contributed by atoms with van der Waals surface area (Å²) in [4.78, 5) is 0. The Morgan fingerprint density at radius 1 is 1.14 bits per heavy atom. The van der Waals surface area contributed by atoms with Crippen LogP contribution in [-0.2, 0) is 10.2 Å². The van der Waals surface area contributed by atoms with Crippen molar-refractivity contribution in [2.24, 2.45) is 0 Å². The minimum absolute atomic E-state index is 0.305. The fourth-order valence-corrected chi connectivity index (χ4v) is 2.94. The lowest BCUT2D eigenvalue weighted by molar-refractivity contribution is 0.0584. The maximum absolute atomic E-state index is 5.43. The van der Waals surface area contributed by atoms with Gasteiger partial charge in [0.2, 0.25) is 0 Å². The summed E-state index contributed by atoms with van der Waals surface area (Å²) < 4.78 is 5.43. The SMILES string of the molecule is BrCC1(c2ccccc2)CCOCC1. The third-order valence-corrected chi connectivity index (χ3v) is 4.17. The van der Waals surface area contributed by atoms with Crippen molar-refractivity contribution in [2.75, 3.05) is 18.5 Å². The van der Waals surface area contributed by atoms with Gasteiger partial charge in [0.05, 0.1) is 0 Å². The van der Waals surface area contributed by atoms with Crippen LogP contribution in [0.15, 0.2) is 30.3 Å². The molecule has 0 radical (unpaired) electrons. The van der Waals surface area contributed by atoms with E-state index in [1.54, 1.807) is 0 Å². The van der Waals surface area contributed by atoms with E-state index in [0.717, 1.165) is 31.4 Å². The molecule has 0 unspecified atom stereocenters. The Labute approximate surface area is 93.6 Å². The van der Waals surface area contributed by atoms with Crippen molar-refractivity contribution in [3.05, 3.63) is 35.9 Å². The summed E-state index contributed by atoms with van der Waals surface area (Å²) in [5.74, 6) is 0. The molecule has 0 aliphatic carbocycles. The molecule has 76 valence electrons. The summed E-state index contributed by atoms with van der Waals surface area (Å²) in [7, 11) is 0. The van der Waals surface area contributed by atoms with E-state index in [0.29, 0.717) is 5.41 Å². The number of hydrogen-bond donors (Lipinski definition) is 0. The summed E-state index contributed by atoms with van der Waals surface area (Å²) in [6.45, 7) is 1.78. The van der Waals surface area contributed by atoms with E-state index in [2.05, 4.69) is 46.3 Å². The topological polar surface area (TPSA) is 9.23 Å². The third-order valence-electron chi connectivity index (χ3n) is 3.09. The Balaban J connectivity index is 2.27. The molecule has 1 nitrogen and oxygen atoms in total. The Kier molecular flexibility index (Phi) is 3.24. The molecule has 1 aromatic rings. The van der Waals surface area contributed by atoms with Crippen molar-refractivity contribution in [3.63, 3.8) is 0 Å². The Morgan fingerprint density at radius 3 is 2.36 bits per heavy atom. The normalized spacial score (nSPS) is 20.6. The first-order valence-electron chi connectivity index (χ1n) is 5.07. The second-order valence-corrected chi connectivity index (χ2v) is 4.45. The van der Waals surface area contributed by atoms with Crippen LogP contribution in [0.2, 0.25) is 0 Å². The summed E-state index contributed by atoms with van der Waals surface area (Å²) in [6.07, 6.45) is 2.25. The lowest BCUT2D eigenvalue weighted by atomic mass is 9.76. The van der Waals surface area contributed by atoms with Gasteiger partial charge in [0.25, 0.3) is 0 Å². The van der Waals surface area contributed by atoms with Crippen LogP contribution in [0.1, 0.15) is 18.4 Å². The second-order valence-electron chi connectivity index (χ2n) is 3.89. The molecule has 2 heteroatoms. The summed E-state index contributed by atoms with van der Waals surface area (Å²) in [5.41, 5.74) is 1.75. The fourth-order valence-electron chi connectivity index (χ4n) is 2.05. The molecule has 0 atom stereocenters. The number of hydrogen-bond acceptors (Lipinski definition) is 1. The Bertz CT molecular complexity index is 278. The summed E-state index contributed by atoms with van der Waals surface area (Å²) in [5, 5.41) is 1.04. The molecular formula is C12H15BrO. The van der Waals surface area contributed by atoms with Crippen LogP contribution in [-0.4, -0.2) is 18.5 Å². The summed E-state index contributed by atoms with van der Waals surface area (Å²) >= 11 is 3.65. The number of rotatable bonds is 2. The van der Waals surface area contributed by atoms with Crippen LogP contribution in [0, 0.1) is 0 Å². The van der Waals surface area contributed by atoms with Gasteiger partial charge in [0, 0.05) is 24.0 Å². The number of ether oxygens (including phenoxy) is 1. The maximum Gasteiger partial charge on any atom is 0.0474 e. The van der Waals surface area contributed by atoms with E-state index in [1.165, 1.54) is 5.56 Å². The van der Waals surface area contributed by atoms with Crippen LogP contribution in [0.4, 0.5) is 0 Å². The van der Waals surface area contributed by atoms with Crippen molar-refractivity contribution in [1.82, 2.24) is 0 Å². The highest BCUT2D eigenvalue weighted by Crippen LogP contribution is 2.36. The van der Waals surface area contributed by atoms with Gasteiger partial charge in [-0.15, -0.1) is 0 Å². The standard InChI is InChI=1S/C12H15BrO/c13-10-12(6-8-14-9-7-12)11-4-2-1-3-5-11/h1-5H,6-10H2. The van der Waals surface area contributed by atoms with Gasteiger partial charge in [-0.25, -0.2) is 0 Å². The highest BCUT2D eigenvalue weighted by Gasteiger charge is 2.32. The fraction of sp³-hybridized carbons (Fsp3) is 0.500. The predicted molar refractivity (Wildman–Crippen MR) is 62.0 cm³/mol. The van der Waals surface area contributed by atoms with Crippen molar-refractivity contribution in [2.45, 2.75) is 18.3 Å². The van der Waals surface area contributed by atoms with Gasteiger partial charge in [-0.05, 0) is 18.4 Å². The number of alkyl halides is 1. The van der Waals surface area contributed by atoms with Gasteiger partial charge >= 0.3 is 0 Å². The molecule has 0 aromatic heterocycles. The van der Waals surface area contributed by atoms with Crippen molar-refractivity contribution >= 4 is 15.9 Å². The first kappa shape index (κ1) is 10.2. The molecule has 1 aliphatic heterocycles. The quantitative estimate of drug-likeness (QED) is 0.738. The van der Waals surface area contributed by atoms with Crippen LogP contribution in [0.25, 0.3) is 0 Å². The van der Waals surface area contributed by atoms with Crippen LogP contribution in [0.5, 0.6) is 0 Å². The zero-order valence-corrected chi connectivity index (χ0v) is 9.79. The van der Waals surface area contributed by atoms with Crippen LogP contribution < -0.4 is 0 Å². The molecule has 0 saturated carbocycles. The Morgan fingerprint density at radius 2 is 1.79 bits per heavy atom. The van der Waals surface area contributed by atoms with Crippen molar-refractivity contribution in [1.29, 1.82) is 0 Å². The van der Waals surface area contributed by atoms with Gasteiger partial charge in [-0.3, -0.25) is 0 Å². The van der Waals surface area contributed by atoms with Gasteiger partial charge in [0.1, 0.15) is 0 Å². The lowest BCUT2D eigenvalue weighted by Gasteiger charge is -2.36. The molecule has 2 rings (SSSR count). The molecule has 0 bridgehead atoms. The van der Waals surface area contributed by atoms with E-state index >= 15 is 0 Å². The molecule has 1 heterocycles. The smallest absolute Gasteiger partial charge is 0.0474 e. The average Bonchev–Trinajstić information content (AvgIpc) is 2.31. The molecule has 1 fully saturated rings. The molecule has 14 heavy (non-hydrogen) atoms. The first-order chi connectivity index (χ1) is 6.87. The van der Waals surface area contributed by atoms with Crippen LogP contribution in [0.3, 0.4) is 0 Å². The predicted octanol–water partition coefficient (Wildman–Crippen LogP) is 3.13. The van der Waals surface area contributed by atoms with Gasteiger partial charge < -0.3 is 4.74 Å². The lowest BCUT2D eigenvalue weighted by Crippen LogP contribution is -2.35. The van der Waals surface area contributed by atoms with E-state index in [4.69, 9.17) is 4.74 Å². The number of halogens is 1. The average molecular weight is 255 g/mol. The highest BCUT2D eigenvalue weighted by molar-refractivity contribution is 9.09. The molecular weight excluding hydrogens is 240 g/mol. The molecule has 1 saturated heterocycles. The zero-order chi connectivity index (χ0) is 9.86. The van der Waals surface area contributed by atoms with E-state index < -0.39 is 0 Å². The monoisotopic (exact) mass is 254 g/mol. The molecule has 0 spiro atoms. The second kappa shape index (κ2) is 4.45. The van der Waals surface area contributed by atoms with Gasteiger partial charge in [0.15, 0.2) is 0 Å². The largest absolute Gasteiger partial charge is 0.381 e. The first-order valence-corrected chi connectivity index (χ1v) is 6.19. The minimum Gasteiger partial charge on any atom is -0.381 e. The van der Waals surface area contributed by atoms with E-state index in [1.807, 2.05) is 0 Å². The van der Waals surface area contributed by atoms with Gasteiger partial charge in [-0.2, -0.15) is 0 Å². The van der Waals surface area contributed by atoms with E-state index in [9.17, 15) is 0 Å². The summed E-state index contributed by atoms with van der Waals surface area (Å²) in [6, 6.07) is 10.8. The minimum atomic E-state index is 0.305. The number of benzene rings is 1. The van der Waals surface area contributed by atoms with Crippen LogP contribution >= 0.6 is 15.9 Å². The zero-order valence-electron chi connectivity index (χ0n) is 8.21. The van der Waals surface area contributed by atoms with E-state index in [-0.39, 0.29) is 0 Å². The van der Waals surface area contributed by atoms with Crippen molar-refractivity contribution < 1.29 is 4.74 Å². The van der Waals surface area contributed by atoms with Gasteiger partial charge in [-0.1, -0.05) is 46.3 Å². The molecule has 1 aliphatic rings. The molecule has 0 amide bonds. The third kappa shape index (κ3) is 1.86. The highest BCUT2D eigenvalue weighted by atomic mass is 79.9. The molecule has 0 N–H and O–H groups in total.